The van der Waals surface area contributed by atoms with Crippen LogP contribution < -0.4 is 25.6 Å². The number of aromatic nitrogens is 4. The number of imide groups is 1. The molecule has 3 aliphatic rings. The molecule has 2 fully saturated rings. The molecule has 10 rings (SSSR count). The number of hydrogen-bond donors (Lipinski definition) is 4. The minimum atomic E-state index is -1.15. The van der Waals surface area contributed by atoms with E-state index in [0.29, 0.717) is 71.1 Å². The van der Waals surface area contributed by atoms with Gasteiger partial charge in [0.25, 0.3) is 5.91 Å². The summed E-state index contributed by atoms with van der Waals surface area (Å²) in [6, 6.07) is 30.5. The maximum Gasteiger partial charge on any atom is 0.354 e. The Morgan fingerprint density at radius 3 is 2.54 bits per heavy atom. The van der Waals surface area contributed by atoms with E-state index in [-0.39, 0.29) is 48.9 Å². The van der Waals surface area contributed by atoms with Crippen molar-refractivity contribution in [2.75, 3.05) is 41.7 Å². The van der Waals surface area contributed by atoms with Gasteiger partial charge < -0.3 is 20.1 Å². The topological polar surface area (TPSA) is 201 Å². The van der Waals surface area contributed by atoms with Crippen molar-refractivity contribution in [2.24, 2.45) is 13.0 Å². The molecule has 1 unspecified atom stereocenters. The van der Waals surface area contributed by atoms with Crippen LogP contribution in [0, 0.1) is 5.92 Å². The number of aryl methyl sites for hydroxylation is 1. The number of likely N-dealkylation sites (tertiary alicyclic amines) is 1. The van der Waals surface area contributed by atoms with E-state index in [1.165, 1.54) is 11.3 Å². The summed E-state index contributed by atoms with van der Waals surface area (Å²) in [6.45, 7) is 2.88. The van der Waals surface area contributed by atoms with E-state index in [0.717, 1.165) is 70.2 Å². The summed E-state index contributed by atoms with van der Waals surface area (Å²) in [5, 5.41) is 24.6. The van der Waals surface area contributed by atoms with E-state index in [2.05, 4.69) is 42.0 Å². The third kappa shape index (κ3) is 9.52. The van der Waals surface area contributed by atoms with Crippen molar-refractivity contribution in [3.05, 3.63) is 136 Å². The van der Waals surface area contributed by atoms with Crippen LogP contribution in [-0.4, -0.2) is 85.5 Å². The predicted molar refractivity (Wildman–Crippen MR) is 258 cm³/mol. The Balaban J connectivity index is 0.714. The molecule has 68 heavy (non-hydrogen) atoms. The SMILES string of the molecule is Cn1nc(C2CCC(=O)NC2=O)c2ccc(NC(=O)CN3CCC(Cc4cccc(OCc5ccc(N6CCc7cccc(C(=O)Nc8nc9ccccc9s8)c7C6)nc5C(=O)O)c4)CC3)cc21. The summed E-state index contributed by atoms with van der Waals surface area (Å²) >= 11 is 1.42. The maximum absolute atomic E-state index is 13.6. The Hall–Kier alpha value is -7.50. The highest BCUT2D eigenvalue weighted by molar-refractivity contribution is 7.22. The molecular weight excluding hydrogens is 883 g/mol. The summed E-state index contributed by atoms with van der Waals surface area (Å²) in [6.07, 6.45) is 4.08. The van der Waals surface area contributed by atoms with Crippen LogP contribution in [0.25, 0.3) is 21.1 Å². The van der Waals surface area contributed by atoms with Crippen LogP contribution in [0.4, 0.5) is 16.6 Å². The Morgan fingerprint density at radius 1 is 0.882 bits per heavy atom. The Kier molecular flexibility index (Phi) is 12.4. The fourth-order valence-corrected chi connectivity index (χ4v) is 10.5. The summed E-state index contributed by atoms with van der Waals surface area (Å²) < 4.78 is 8.87. The molecule has 4 N–H and O–H groups in total. The number of para-hydroxylation sites is 1. The van der Waals surface area contributed by atoms with Crippen molar-refractivity contribution in [1.29, 1.82) is 0 Å². The highest BCUT2D eigenvalue weighted by Crippen LogP contribution is 2.33. The summed E-state index contributed by atoms with van der Waals surface area (Å²) in [5.74, 6) is -1.02. The van der Waals surface area contributed by atoms with E-state index in [4.69, 9.17) is 4.74 Å². The molecular formula is C51H49N9O7S. The fourth-order valence-electron chi connectivity index (χ4n) is 9.62. The Bertz CT molecular complexity index is 3090. The maximum atomic E-state index is 13.6. The number of nitrogens with one attached hydrogen (secondary N) is 3. The smallest absolute Gasteiger partial charge is 0.354 e. The molecule has 4 amide bonds. The number of nitrogens with zero attached hydrogens (tertiary/aromatic N) is 6. The number of piperidine rings is 2. The lowest BCUT2D eigenvalue weighted by atomic mass is 9.90. The summed E-state index contributed by atoms with van der Waals surface area (Å²) in [4.78, 5) is 76.8. The van der Waals surface area contributed by atoms with Gasteiger partial charge in [0.05, 0.1) is 33.9 Å². The Labute approximate surface area is 395 Å². The molecule has 0 saturated carbocycles. The van der Waals surface area contributed by atoms with Gasteiger partial charge in [0.2, 0.25) is 17.7 Å². The van der Waals surface area contributed by atoms with Gasteiger partial charge in [0.15, 0.2) is 10.8 Å². The fraction of sp³-hybridized carbons (Fsp3) is 0.294. The molecule has 3 aromatic heterocycles. The van der Waals surface area contributed by atoms with Crippen molar-refractivity contribution in [3.63, 3.8) is 0 Å². The number of carbonyl (C=O) groups excluding carboxylic acids is 4. The average molecular weight is 932 g/mol. The van der Waals surface area contributed by atoms with E-state index >= 15 is 0 Å². The number of anilines is 3. The quantitative estimate of drug-likeness (QED) is 0.0858. The monoisotopic (exact) mass is 931 g/mol. The number of amides is 4. The van der Waals surface area contributed by atoms with Gasteiger partial charge in [0.1, 0.15) is 18.2 Å². The van der Waals surface area contributed by atoms with Gasteiger partial charge in [-0.3, -0.25) is 39.4 Å². The van der Waals surface area contributed by atoms with Crippen molar-refractivity contribution in [3.8, 4) is 5.75 Å². The lowest BCUT2D eigenvalue weighted by Gasteiger charge is -2.31. The minimum Gasteiger partial charge on any atom is -0.489 e. The highest BCUT2D eigenvalue weighted by atomic mass is 32.1. The van der Waals surface area contributed by atoms with Crippen molar-refractivity contribution >= 4 is 78.7 Å². The van der Waals surface area contributed by atoms with Crippen LogP contribution in [0.3, 0.4) is 0 Å². The third-order valence-corrected chi connectivity index (χ3v) is 14.1. The first kappa shape index (κ1) is 44.3. The van der Waals surface area contributed by atoms with Gasteiger partial charge in [0, 0.05) is 48.8 Å². The number of hydrogen-bond acceptors (Lipinski definition) is 12. The summed E-state index contributed by atoms with van der Waals surface area (Å²) in [7, 11) is 1.80. The zero-order chi connectivity index (χ0) is 46.9. The van der Waals surface area contributed by atoms with Gasteiger partial charge in [-0.05, 0) is 128 Å². The first-order chi connectivity index (χ1) is 33.0. The van der Waals surface area contributed by atoms with Gasteiger partial charge >= 0.3 is 5.97 Å². The van der Waals surface area contributed by atoms with Crippen LogP contribution in [0.2, 0.25) is 0 Å². The Morgan fingerprint density at radius 2 is 1.72 bits per heavy atom. The van der Waals surface area contributed by atoms with Crippen molar-refractivity contribution in [2.45, 2.75) is 57.6 Å². The van der Waals surface area contributed by atoms with Crippen molar-refractivity contribution in [1.82, 2.24) is 30.0 Å². The molecule has 17 heteroatoms. The number of aromatic carboxylic acids is 1. The molecule has 7 aromatic rings. The second-order valence-corrected chi connectivity index (χ2v) is 18.7. The standard InChI is InChI=1S/C51H49N9O7S/c1-58-41-26-34(13-14-37(41)47(57-58)38-15-17-44(61)55-49(38)64)52-45(62)28-59-21-18-30(19-22-59)24-31-6-4-8-35(25-31)67-29-33-12-16-43(54-46(33)50(65)66)60-23-20-32-7-5-9-36(39(32)27-60)48(63)56-51-53-40-10-2-3-11-42(40)68-51/h2-14,16,25-26,30,38H,15,17-24,27-29H2,1H3,(H,52,62)(H,65,66)(H,53,56,63)(H,55,61,64). The molecule has 3 aliphatic heterocycles. The molecule has 1 atom stereocenters. The van der Waals surface area contributed by atoms with Gasteiger partial charge in [-0.25, -0.2) is 14.8 Å². The number of benzene rings is 4. The number of carbonyl (C=O) groups is 5. The largest absolute Gasteiger partial charge is 0.489 e. The van der Waals surface area contributed by atoms with E-state index in [9.17, 15) is 29.1 Å². The van der Waals surface area contributed by atoms with Gasteiger partial charge in [-0.2, -0.15) is 5.10 Å². The van der Waals surface area contributed by atoms with E-state index in [1.54, 1.807) is 23.9 Å². The number of ether oxygens (including phenoxy) is 1. The second kappa shape index (κ2) is 19.0. The third-order valence-electron chi connectivity index (χ3n) is 13.1. The van der Waals surface area contributed by atoms with Gasteiger partial charge in [-0.1, -0.05) is 47.7 Å². The highest BCUT2D eigenvalue weighted by Gasteiger charge is 2.32. The molecule has 0 aliphatic carbocycles. The number of thiazole rings is 1. The molecule has 0 spiro atoms. The normalized spacial score (nSPS) is 16.7. The number of rotatable bonds is 13. The zero-order valence-corrected chi connectivity index (χ0v) is 38.2. The van der Waals surface area contributed by atoms with Gasteiger partial charge in [-0.15, -0.1) is 0 Å². The average Bonchev–Trinajstić information content (AvgIpc) is 3.90. The number of fused-ring (bicyclic) bond motifs is 3. The second-order valence-electron chi connectivity index (χ2n) is 17.7. The molecule has 0 radical (unpaired) electrons. The lowest BCUT2D eigenvalue weighted by molar-refractivity contribution is -0.134. The molecule has 346 valence electrons. The molecule has 6 heterocycles. The zero-order valence-electron chi connectivity index (χ0n) is 37.4. The summed E-state index contributed by atoms with van der Waals surface area (Å²) in [5.41, 5.74) is 6.87. The van der Waals surface area contributed by atoms with Crippen LogP contribution in [-0.2, 0) is 47.4 Å². The number of carboxylic acid groups (broad SMARTS) is 1. The van der Waals surface area contributed by atoms with E-state index < -0.39 is 11.9 Å². The molecule has 2 saturated heterocycles. The van der Waals surface area contributed by atoms with Crippen LogP contribution in [0.1, 0.15) is 80.4 Å². The first-order valence-corrected chi connectivity index (χ1v) is 23.6. The first-order valence-electron chi connectivity index (χ1n) is 22.8. The van der Waals surface area contributed by atoms with Crippen LogP contribution >= 0.6 is 11.3 Å². The van der Waals surface area contributed by atoms with Crippen LogP contribution in [0.15, 0.2) is 97.1 Å². The molecule has 16 nitrogen and oxygen atoms in total. The van der Waals surface area contributed by atoms with E-state index in [1.807, 2.05) is 83.8 Å². The molecule has 0 bridgehead atoms. The minimum absolute atomic E-state index is 0.0249. The number of pyridine rings is 1. The lowest BCUT2D eigenvalue weighted by Crippen LogP contribution is -2.39. The van der Waals surface area contributed by atoms with Crippen LogP contribution in [0.5, 0.6) is 5.75 Å². The predicted octanol–water partition coefficient (Wildman–Crippen LogP) is 7.08. The number of carboxylic acids is 1. The molecule has 4 aromatic carbocycles. The van der Waals surface area contributed by atoms with Crippen molar-refractivity contribution < 1.29 is 33.8 Å².